The van der Waals surface area contributed by atoms with Crippen molar-refractivity contribution in [2.75, 3.05) is 7.11 Å². The van der Waals surface area contributed by atoms with Gasteiger partial charge in [-0.25, -0.2) is 0 Å². The van der Waals surface area contributed by atoms with Crippen LogP contribution in [0.25, 0.3) is 0 Å². The third-order valence-corrected chi connectivity index (χ3v) is 5.36. The SMILES string of the molecule is COc1ccc(CNC(=O)C2C3CCC(C3)C2N)c(C(F)(F)F)c1.Cl. The lowest BCUT2D eigenvalue weighted by molar-refractivity contribution is -0.138. The van der Waals surface area contributed by atoms with E-state index in [4.69, 9.17) is 10.5 Å². The fraction of sp³-hybridized carbons (Fsp3) is 0.588. The van der Waals surface area contributed by atoms with E-state index in [0.717, 1.165) is 25.3 Å². The number of carbonyl (C=O) groups is 1. The normalized spacial score (nSPS) is 27.7. The molecule has 140 valence electrons. The van der Waals surface area contributed by atoms with Crippen LogP contribution >= 0.6 is 12.4 Å². The molecule has 25 heavy (non-hydrogen) atoms. The summed E-state index contributed by atoms with van der Waals surface area (Å²) in [5.41, 5.74) is 5.34. The van der Waals surface area contributed by atoms with Gasteiger partial charge in [0.2, 0.25) is 5.91 Å². The Hall–Kier alpha value is -1.47. The lowest BCUT2D eigenvalue weighted by Crippen LogP contribution is -2.45. The number of fused-ring (bicyclic) bond motifs is 2. The van der Waals surface area contributed by atoms with Crippen molar-refractivity contribution in [1.82, 2.24) is 5.32 Å². The maximum absolute atomic E-state index is 13.2. The van der Waals surface area contributed by atoms with E-state index in [2.05, 4.69) is 5.32 Å². The summed E-state index contributed by atoms with van der Waals surface area (Å²) in [5, 5.41) is 2.65. The van der Waals surface area contributed by atoms with Gasteiger partial charge < -0.3 is 15.8 Å². The number of alkyl halides is 3. The van der Waals surface area contributed by atoms with E-state index in [1.165, 1.54) is 19.2 Å². The average molecular weight is 379 g/mol. The van der Waals surface area contributed by atoms with Crippen molar-refractivity contribution in [3.63, 3.8) is 0 Å². The molecule has 1 amide bonds. The van der Waals surface area contributed by atoms with Crippen LogP contribution in [0, 0.1) is 17.8 Å². The van der Waals surface area contributed by atoms with Crippen LogP contribution in [0.4, 0.5) is 13.2 Å². The summed E-state index contributed by atoms with van der Waals surface area (Å²) in [6, 6.07) is 3.56. The summed E-state index contributed by atoms with van der Waals surface area (Å²) in [5.74, 6) is 0.253. The molecule has 1 aromatic carbocycles. The van der Waals surface area contributed by atoms with E-state index >= 15 is 0 Å². The summed E-state index contributed by atoms with van der Waals surface area (Å²) in [4.78, 5) is 12.4. The number of ether oxygens (including phenoxy) is 1. The predicted octanol–water partition coefficient (Wildman–Crippen LogP) is 3.13. The molecule has 3 rings (SSSR count). The molecular weight excluding hydrogens is 357 g/mol. The Morgan fingerprint density at radius 1 is 1.32 bits per heavy atom. The Kier molecular flexibility index (Phi) is 5.89. The molecule has 4 nitrogen and oxygen atoms in total. The van der Waals surface area contributed by atoms with Gasteiger partial charge in [0, 0.05) is 12.6 Å². The fourth-order valence-corrected chi connectivity index (χ4v) is 4.13. The highest BCUT2D eigenvalue weighted by Gasteiger charge is 2.49. The molecule has 2 fully saturated rings. The first-order chi connectivity index (χ1) is 11.3. The monoisotopic (exact) mass is 378 g/mol. The van der Waals surface area contributed by atoms with Gasteiger partial charge in [-0.05, 0) is 48.8 Å². The molecule has 3 N–H and O–H groups in total. The Labute approximate surface area is 150 Å². The first-order valence-electron chi connectivity index (χ1n) is 8.08. The smallest absolute Gasteiger partial charge is 0.416 e. The molecule has 2 saturated carbocycles. The van der Waals surface area contributed by atoms with Crippen LogP contribution < -0.4 is 15.8 Å². The predicted molar refractivity (Wildman–Crippen MR) is 89.4 cm³/mol. The number of halogens is 4. The van der Waals surface area contributed by atoms with E-state index in [0.29, 0.717) is 5.92 Å². The first-order valence-corrected chi connectivity index (χ1v) is 8.08. The molecule has 0 radical (unpaired) electrons. The Morgan fingerprint density at radius 2 is 2.00 bits per heavy atom. The van der Waals surface area contributed by atoms with Crippen molar-refractivity contribution in [2.45, 2.75) is 38.0 Å². The van der Waals surface area contributed by atoms with E-state index in [1.54, 1.807) is 0 Å². The maximum atomic E-state index is 13.2. The van der Waals surface area contributed by atoms with E-state index < -0.39 is 11.7 Å². The van der Waals surface area contributed by atoms with Crippen molar-refractivity contribution in [2.24, 2.45) is 23.5 Å². The third-order valence-electron chi connectivity index (χ3n) is 5.36. The summed E-state index contributed by atoms with van der Waals surface area (Å²) < 4.78 is 44.4. The van der Waals surface area contributed by atoms with E-state index in [-0.39, 0.29) is 54.0 Å². The van der Waals surface area contributed by atoms with Crippen LogP contribution in [0.3, 0.4) is 0 Å². The highest BCUT2D eigenvalue weighted by atomic mass is 35.5. The molecule has 4 atom stereocenters. The second-order valence-electron chi connectivity index (χ2n) is 6.67. The summed E-state index contributed by atoms with van der Waals surface area (Å²) >= 11 is 0. The number of nitrogens with one attached hydrogen (secondary N) is 1. The van der Waals surface area contributed by atoms with Crippen LogP contribution in [-0.2, 0) is 17.5 Å². The average Bonchev–Trinajstić information content (AvgIpc) is 3.12. The van der Waals surface area contributed by atoms with E-state index in [9.17, 15) is 18.0 Å². The number of carbonyl (C=O) groups excluding carboxylic acids is 1. The summed E-state index contributed by atoms with van der Waals surface area (Å²) in [7, 11) is 1.31. The number of rotatable bonds is 4. The molecule has 8 heteroatoms. The zero-order valence-electron chi connectivity index (χ0n) is 13.8. The van der Waals surface area contributed by atoms with Gasteiger partial charge in [0.1, 0.15) is 5.75 Å². The molecule has 2 bridgehead atoms. The number of hydrogen-bond donors (Lipinski definition) is 2. The molecule has 0 aliphatic heterocycles. The lowest BCUT2D eigenvalue weighted by Gasteiger charge is -2.27. The molecule has 0 saturated heterocycles. The van der Waals surface area contributed by atoms with Gasteiger partial charge in [-0.15, -0.1) is 12.4 Å². The molecule has 0 heterocycles. The summed E-state index contributed by atoms with van der Waals surface area (Å²) in [6.45, 7) is -0.168. The summed E-state index contributed by atoms with van der Waals surface area (Å²) in [6.07, 6.45) is -1.52. The molecule has 0 aromatic heterocycles. The van der Waals surface area contributed by atoms with Crippen molar-refractivity contribution in [3.05, 3.63) is 29.3 Å². The maximum Gasteiger partial charge on any atom is 0.416 e. The van der Waals surface area contributed by atoms with Crippen LogP contribution in [0.2, 0.25) is 0 Å². The third kappa shape index (κ3) is 3.87. The molecular formula is C17H22ClF3N2O2. The van der Waals surface area contributed by atoms with E-state index in [1.807, 2.05) is 0 Å². The topological polar surface area (TPSA) is 64.3 Å². The number of hydrogen-bond acceptors (Lipinski definition) is 3. The van der Waals surface area contributed by atoms with Crippen molar-refractivity contribution >= 4 is 18.3 Å². The van der Waals surface area contributed by atoms with Gasteiger partial charge >= 0.3 is 6.18 Å². The molecule has 0 spiro atoms. The second-order valence-corrected chi connectivity index (χ2v) is 6.67. The van der Waals surface area contributed by atoms with Crippen LogP contribution in [0.15, 0.2) is 18.2 Å². The zero-order valence-corrected chi connectivity index (χ0v) is 14.6. The number of benzene rings is 1. The number of nitrogens with two attached hydrogens (primary N) is 1. The molecule has 2 aliphatic rings. The lowest BCUT2D eigenvalue weighted by atomic mass is 9.84. The van der Waals surface area contributed by atoms with Gasteiger partial charge in [-0.1, -0.05) is 6.07 Å². The fourth-order valence-electron chi connectivity index (χ4n) is 4.13. The first kappa shape index (κ1) is 19.8. The Morgan fingerprint density at radius 3 is 2.56 bits per heavy atom. The van der Waals surface area contributed by atoms with Crippen LogP contribution in [0.5, 0.6) is 5.75 Å². The largest absolute Gasteiger partial charge is 0.497 e. The minimum Gasteiger partial charge on any atom is -0.497 e. The molecule has 1 aromatic rings. The van der Waals surface area contributed by atoms with Crippen molar-refractivity contribution in [3.8, 4) is 5.75 Å². The van der Waals surface area contributed by atoms with Crippen molar-refractivity contribution < 1.29 is 22.7 Å². The Bertz CT molecular complexity index is 637. The minimum atomic E-state index is -4.50. The highest BCUT2D eigenvalue weighted by Crippen LogP contribution is 2.47. The highest BCUT2D eigenvalue weighted by molar-refractivity contribution is 5.85. The van der Waals surface area contributed by atoms with Gasteiger partial charge in [-0.3, -0.25) is 4.79 Å². The molecule has 4 unspecified atom stereocenters. The minimum absolute atomic E-state index is 0. The van der Waals surface area contributed by atoms with Gasteiger partial charge in [0.15, 0.2) is 0 Å². The quantitative estimate of drug-likeness (QED) is 0.846. The van der Waals surface area contributed by atoms with Crippen LogP contribution in [0.1, 0.15) is 30.4 Å². The molecule has 2 aliphatic carbocycles. The van der Waals surface area contributed by atoms with Crippen LogP contribution in [-0.4, -0.2) is 19.1 Å². The zero-order chi connectivity index (χ0) is 17.5. The van der Waals surface area contributed by atoms with Gasteiger partial charge in [0.25, 0.3) is 0 Å². The second kappa shape index (κ2) is 7.41. The Balaban J connectivity index is 0.00000225. The van der Waals surface area contributed by atoms with Crippen molar-refractivity contribution in [1.29, 1.82) is 0 Å². The standard InChI is InChI=1S/C17H21F3N2O2.ClH/c1-24-12-5-4-11(13(7-12)17(18,19)20)8-22-16(23)14-9-2-3-10(6-9)15(14)21;/h4-5,7,9-10,14-15H,2-3,6,8,21H2,1H3,(H,22,23);1H. The number of methoxy groups -OCH3 is 1. The number of amides is 1. The van der Waals surface area contributed by atoms with Gasteiger partial charge in [0.05, 0.1) is 18.6 Å². The van der Waals surface area contributed by atoms with Gasteiger partial charge in [-0.2, -0.15) is 13.2 Å².